The van der Waals surface area contributed by atoms with Gasteiger partial charge in [-0.2, -0.15) is 10.4 Å². The third kappa shape index (κ3) is 4.91. The first-order valence-electron chi connectivity index (χ1n) is 12.0. The molecule has 10 heteroatoms. The van der Waals surface area contributed by atoms with Crippen LogP contribution < -0.4 is 10.1 Å². The van der Waals surface area contributed by atoms with Gasteiger partial charge in [0.25, 0.3) is 5.91 Å². The van der Waals surface area contributed by atoms with E-state index in [4.69, 9.17) is 9.47 Å². The van der Waals surface area contributed by atoms with Crippen LogP contribution in [0.5, 0.6) is 5.75 Å². The van der Waals surface area contributed by atoms with Crippen molar-refractivity contribution >= 4 is 11.7 Å². The molecular formula is C25H27F2N5O3. The molecule has 2 atom stereocenters. The highest BCUT2D eigenvalue weighted by molar-refractivity contribution is 5.78. The van der Waals surface area contributed by atoms with E-state index in [9.17, 15) is 18.8 Å². The predicted octanol–water partition coefficient (Wildman–Crippen LogP) is 3.53. The van der Waals surface area contributed by atoms with Crippen LogP contribution in [0.3, 0.4) is 0 Å². The molecule has 0 unspecified atom stereocenters. The number of amides is 1. The summed E-state index contributed by atoms with van der Waals surface area (Å²) in [6.07, 6.45) is 5.80. The molecule has 1 aromatic heterocycles. The predicted molar refractivity (Wildman–Crippen MR) is 122 cm³/mol. The summed E-state index contributed by atoms with van der Waals surface area (Å²) in [7, 11) is 0. The summed E-state index contributed by atoms with van der Waals surface area (Å²) in [6.45, 7) is 0.498. The van der Waals surface area contributed by atoms with Crippen LogP contribution in [0.1, 0.15) is 55.6 Å². The molecule has 1 amide bonds. The molecule has 184 valence electrons. The number of nitriles is 1. The molecule has 2 aromatic rings. The van der Waals surface area contributed by atoms with Gasteiger partial charge in [-0.1, -0.05) is 0 Å². The Labute approximate surface area is 202 Å². The second kappa shape index (κ2) is 10.1. The lowest BCUT2D eigenvalue weighted by Crippen LogP contribution is -2.57. The van der Waals surface area contributed by atoms with E-state index in [1.54, 1.807) is 11.0 Å². The van der Waals surface area contributed by atoms with E-state index in [1.165, 1.54) is 12.3 Å². The van der Waals surface area contributed by atoms with Crippen molar-refractivity contribution in [2.75, 3.05) is 25.1 Å². The monoisotopic (exact) mass is 483 g/mol. The molecule has 2 fully saturated rings. The minimum Gasteiger partial charge on any atom is -0.483 e. The van der Waals surface area contributed by atoms with Crippen LogP contribution in [0, 0.1) is 23.0 Å². The number of hydrogen-bond donors (Lipinski definition) is 1. The van der Waals surface area contributed by atoms with E-state index in [1.807, 2.05) is 0 Å². The Morgan fingerprint density at radius 1 is 1.17 bits per heavy atom. The van der Waals surface area contributed by atoms with Crippen LogP contribution >= 0.6 is 0 Å². The summed E-state index contributed by atoms with van der Waals surface area (Å²) in [5.74, 6) is -1.29. The van der Waals surface area contributed by atoms with Crippen molar-refractivity contribution in [1.29, 1.82) is 5.26 Å². The molecule has 1 aliphatic carbocycles. The average Bonchev–Trinajstić information content (AvgIpc) is 2.88. The SMILES string of the molecule is N#Cc1ccnnc1N[C@H]1CCCN2C(=O)COc3cc(F)cc(F)c3C3CCC(CC3)OC[C@@H]12. The van der Waals surface area contributed by atoms with Gasteiger partial charge in [0.15, 0.2) is 12.4 Å². The minimum atomic E-state index is -0.729. The van der Waals surface area contributed by atoms with E-state index < -0.39 is 11.6 Å². The fourth-order valence-corrected chi connectivity index (χ4v) is 5.50. The van der Waals surface area contributed by atoms with Gasteiger partial charge in [0.2, 0.25) is 0 Å². The lowest BCUT2D eigenvalue weighted by atomic mass is 9.82. The molecule has 1 aromatic carbocycles. The fraction of sp³-hybridized carbons (Fsp3) is 0.520. The summed E-state index contributed by atoms with van der Waals surface area (Å²) in [5.41, 5.74) is 0.717. The molecule has 3 aliphatic heterocycles. The highest BCUT2D eigenvalue weighted by atomic mass is 19.1. The maximum atomic E-state index is 14.8. The highest BCUT2D eigenvalue weighted by Gasteiger charge is 2.37. The molecule has 4 aliphatic rings. The van der Waals surface area contributed by atoms with Crippen LogP contribution in [0.2, 0.25) is 0 Å². The number of carbonyl (C=O) groups excluding carboxylic acids is 1. The lowest BCUT2D eigenvalue weighted by Gasteiger charge is -2.42. The third-order valence-electron chi connectivity index (χ3n) is 7.26. The van der Waals surface area contributed by atoms with Crippen molar-refractivity contribution in [3.05, 3.63) is 47.2 Å². The van der Waals surface area contributed by atoms with Crippen LogP contribution in [0.15, 0.2) is 24.4 Å². The molecule has 1 saturated carbocycles. The van der Waals surface area contributed by atoms with Gasteiger partial charge in [-0.15, -0.1) is 5.10 Å². The Balaban J connectivity index is 1.44. The topological polar surface area (TPSA) is 100 Å². The Hall–Kier alpha value is -3.32. The van der Waals surface area contributed by atoms with Gasteiger partial charge in [-0.25, -0.2) is 8.78 Å². The molecule has 1 saturated heterocycles. The van der Waals surface area contributed by atoms with Gasteiger partial charge in [-0.3, -0.25) is 4.79 Å². The number of anilines is 1. The van der Waals surface area contributed by atoms with E-state index in [0.29, 0.717) is 42.9 Å². The number of nitrogens with one attached hydrogen (secondary N) is 1. The minimum absolute atomic E-state index is 0.00871. The number of carbonyl (C=O) groups is 1. The zero-order valence-electron chi connectivity index (χ0n) is 19.3. The Morgan fingerprint density at radius 3 is 2.80 bits per heavy atom. The van der Waals surface area contributed by atoms with Crippen molar-refractivity contribution in [1.82, 2.24) is 15.1 Å². The first-order valence-corrected chi connectivity index (χ1v) is 12.0. The van der Waals surface area contributed by atoms with Crippen LogP contribution in [-0.2, 0) is 9.53 Å². The Bertz CT molecular complexity index is 1130. The summed E-state index contributed by atoms with van der Waals surface area (Å²) < 4.78 is 40.9. The number of aromatic nitrogens is 2. The van der Waals surface area contributed by atoms with Gasteiger partial charge in [0.1, 0.15) is 23.5 Å². The van der Waals surface area contributed by atoms with Crippen molar-refractivity contribution in [3.63, 3.8) is 0 Å². The number of fused-ring (bicyclic) bond motifs is 5. The first kappa shape index (κ1) is 23.4. The number of nitrogens with zero attached hydrogens (tertiary/aromatic N) is 4. The number of rotatable bonds is 2. The summed E-state index contributed by atoms with van der Waals surface area (Å²) >= 11 is 0. The average molecular weight is 484 g/mol. The zero-order valence-corrected chi connectivity index (χ0v) is 19.3. The van der Waals surface area contributed by atoms with Crippen molar-refractivity contribution in [2.24, 2.45) is 0 Å². The molecule has 0 spiro atoms. The number of benzene rings is 1. The van der Waals surface area contributed by atoms with E-state index in [2.05, 4.69) is 21.6 Å². The summed E-state index contributed by atoms with van der Waals surface area (Å²) in [5, 5.41) is 20.7. The van der Waals surface area contributed by atoms with Gasteiger partial charge in [-0.05, 0) is 50.5 Å². The van der Waals surface area contributed by atoms with Crippen LogP contribution in [0.25, 0.3) is 0 Å². The maximum Gasteiger partial charge on any atom is 0.260 e. The molecular weight excluding hydrogens is 456 g/mol. The first-order chi connectivity index (χ1) is 17.0. The number of hydrogen-bond acceptors (Lipinski definition) is 7. The molecule has 1 N–H and O–H groups in total. The second-order valence-electron chi connectivity index (χ2n) is 9.35. The van der Waals surface area contributed by atoms with Gasteiger partial charge >= 0.3 is 0 Å². The van der Waals surface area contributed by atoms with E-state index >= 15 is 0 Å². The Kier molecular flexibility index (Phi) is 6.77. The molecule has 8 nitrogen and oxygen atoms in total. The standard InChI is InChI=1S/C25H27F2N5O3/c26-17-10-19(27)24-15-3-5-18(6-4-15)34-13-21-20(30-25-16(12-28)7-8-29-31-25)2-1-9-32(21)23(33)14-35-22(24)11-17/h7-8,10-11,15,18,20-21H,1-6,9,13-14H2,(H,30,31)/t15?,18?,20-,21-/m0/s1. The quantitative estimate of drug-likeness (QED) is 0.697. The lowest BCUT2D eigenvalue weighted by molar-refractivity contribution is -0.140. The molecule has 2 bridgehead atoms. The van der Waals surface area contributed by atoms with E-state index in [0.717, 1.165) is 31.7 Å². The molecule has 6 rings (SSSR count). The molecule has 0 radical (unpaired) electrons. The zero-order chi connectivity index (χ0) is 24.4. The van der Waals surface area contributed by atoms with Crippen LogP contribution in [-0.4, -0.2) is 59.0 Å². The normalized spacial score (nSPS) is 26.8. The van der Waals surface area contributed by atoms with Crippen molar-refractivity contribution in [3.8, 4) is 11.8 Å². The highest BCUT2D eigenvalue weighted by Crippen LogP contribution is 2.41. The van der Waals surface area contributed by atoms with Gasteiger partial charge in [0, 0.05) is 24.2 Å². The van der Waals surface area contributed by atoms with Gasteiger partial charge < -0.3 is 19.7 Å². The third-order valence-corrected chi connectivity index (χ3v) is 7.26. The largest absolute Gasteiger partial charge is 0.483 e. The second-order valence-corrected chi connectivity index (χ2v) is 9.35. The van der Waals surface area contributed by atoms with Crippen molar-refractivity contribution < 1.29 is 23.0 Å². The van der Waals surface area contributed by atoms with Gasteiger partial charge in [0.05, 0.1) is 36.6 Å². The smallest absolute Gasteiger partial charge is 0.260 e. The maximum absolute atomic E-state index is 14.8. The number of ether oxygens (including phenoxy) is 2. The fourth-order valence-electron chi connectivity index (χ4n) is 5.50. The van der Waals surface area contributed by atoms with E-state index in [-0.39, 0.29) is 42.4 Å². The van der Waals surface area contributed by atoms with Crippen LogP contribution in [0.4, 0.5) is 14.6 Å². The number of piperidine rings is 1. The summed E-state index contributed by atoms with van der Waals surface area (Å²) in [4.78, 5) is 15.0. The summed E-state index contributed by atoms with van der Waals surface area (Å²) in [6, 6.07) is 5.21. The molecule has 35 heavy (non-hydrogen) atoms. The Morgan fingerprint density at radius 2 is 2.00 bits per heavy atom. The number of halogens is 2. The molecule has 4 heterocycles. The van der Waals surface area contributed by atoms with Crippen molar-refractivity contribution in [2.45, 2.75) is 62.6 Å².